The molecule has 2 aromatic rings. The molecule has 0 radical (unpaired) electrons. The van der Waals surface area contributed by atoms with Crippen LogP contribution in [0.3, 0.4) is 0 Å². The van der Waals surface area contributed by atoms with Gasteiger partial charge in [-0.05, 0) is 43.9 Å². The molecular weight excluding hydrogens is 252 g/mol. The van der Waals surface area contributed by atoms with Crippen LogP contribution in [0.25, 0.3) is 5.69 Å². The van der Waals surface area contributed by atoms with Crippen molar-refractivity contribution >= 4 is 5.97 Å². The number of aromatic carboxylic acids is 1. The van der Waals surface area contributed by atoms with Crippen molar-refractivity contribution in [2.75, 3.05) is 0 Å². The van der Waals surface area contributed by atoms with Gasteiger partial charge in [-0.2, -0.15) is 5.10 Å². The van der Waals surface area contributed by atoms with Gasteiger partial charge in [0, 0.05) is 5.92 Å². The second kappa shape index (κ2) is 4.78. The molecule has 1 fully saturated rings. The quantitative estimate of drug-likeness (QED) is 0.927. The molecule has 1 aromatic carbocycles. The Kier molecular flexibility index (Phi) is 3.08. The van der Waals surface area contributed by atoms with Gasteiger partial charge < -0.3 is 5.11 Å². The molecule has 1 N–H and O–H groups in total. The zero-order valence-corrected chi connectivity index (χ0v) is 11.8. The van der Waals surface area contributed by atoms with E-state index >= 15 is 0 Å². The first-order chi connectivity index (χ1) is 9.61. The molecule has 104 valence electrons. The van der Waals surface area contributed by atoms with Gasteiger partial charge in [-0.25, -0.2) is 9.48 Å². The van der Waals surface area contributed by atoms with Gasteiger partial charge >= 0.3 is 5.97 Å². The molecule has 1 aromatic heterocycles. The smallest absolute Gasteiger partial charge is 0.339 e. The summed E-state index contributed by atoms with van der Waals surface area (Å²) in [6.45, 7) is 4.00. The van der Waals surface area contributed by atoms with Crippen LogP contribution in [0.2, 0.25) is 0 Å². The van der Waals surface area contributed by atoms with Crippen LogP contribution in [0, 0.1) is 6.92 Å². The van der Waals surface area contributed by atoms with Gasteiger partial charge in [0.2, 0.25) is 0 Å². The Morgan fingerprint density at radius 2 is 2.20 bits per heavy atom. The first-order valence-corrected chi connectivity index (χ1v) is 7.04. The van der Waals surface area contributed by atoms with Crippen LogP contribution in [0.4, 0.5) is 0 Å². The average Bonchev–Trinajstić information content (AvgIpc) is 3.18. The van der Waals surface area contributed by atoms with Crippen LogP contribution in [-0.4, -0.2) is 20.9 Å². The SMILES string of the molecule is CCc1c(C(=O)O)c(C2CC2)nn1-c1cccc(C)c1. The summed E-state index contributed by atoms with van der Waals surface area (Å²) in [5, 5.41) is 14.1. The number of aryl methyl sites for hydroxylation is 1. The largest absolute Gasteiger partial charge is 0.478 e. The van der Waals surface area contributed by atoms with Crippen LogP contribution < -0.4 is 0 Å². The lowest BCUT2D eigenvalue weighted by Gasteiger charge is -2.07. The Labute approximate surface area is 118 Å². The van der Waals surface area contributed by atoms with Crippen LogP contribution in [-0.2, 0) is 6.42 Å². The third-order valence-corrected chi connectivity index (χ3v) is 3.77. The molecule has 1 saturated carbocycles. The molecule has 1 heterocycles. The van der Waals surface area contributed by atoms with Crippen LogP contribution in [0.15, 0.2) is 24.3 Å². The van der Waals surface area contributed by atoms with Gasteiger partial charge in [0.15, 0.2) is 0 Å². The monoisotopic (exact) mass is 270 g/mol. The molecule has 20 heavy (non-hydrogen) atoms. The predicted octanol–water partition coefficient (Wildman–Crippen LogP) is 3.32. The number of carbonyl (C=O) groups is 1. The zero-order chi connectivity index (χ0) is 14.3. The summed E-state index contributed by atoms with van der Waals surface area (Å²) in [4.78, 5) is 11.6. The second-order valence-corrected chi connectivity index (χ2v) is 5.39. The highest BCUT2D eigenvalue weighted by Crippen LogP contribution is 2.42. The second-order valence-electron chi connectivity index (χ2n) is 5.39. The minimum Gasteiger partial charge on any atom is -0.478 e. The summed E-state index contributed by atoms with van der Waals surface area (Å²) in [5.41, 5.74) is 4.05. The minimum absolute atomic E-state index is 0.331. The number of hydrogen-bond donors (Lipinski definition) is 1. The Morgan fingerprint density at radius 1 is 1.45 bits per heavy atom. The third kappa shape index (κ3) is 2.11. The van der Waals surface area contributed by atoms with Crippen molar-refractivity contribution in [1.82, 2.24) is 9.78 Å². The van der Waals surface area contributed by atoms with E-state index in [1.165, 1.54) is 0 Å². The average molecular weight is 270 g/mol. The van der Waals surface area contributed by atoms with Crippen LogP contribution >= 0.6 is 0 Å². The van der Waals surface area contributed by atoms with E-state index in [1.807, 2.05) is 42.8 Å². The Balaban J connectivity index is 2.20. The van der Waals surface area contributed by atoms with Crippen molar-refractivity contribution in [2.45, 2.75) is 39.0 Å². The number of carboxylic acid groups (broad SMARTS) is 1. The Bertz CT molecular complexity index is 669. The fourth-order valence-corrected chi connectivity index (χ4v) is 2.65. The van der Waals surface area contributed by atoms with Gasteiger partial charge in [0.1, 0.15) is 5.56 Å². The van der Waals surface area contributed by atoms with E-state index in [9.17, 15) is 9.90 Å². The molecule has 0 atom stereocenters. The van der Waals surface area contributed by atoms with E-state index < -0.39 is 5.97 Å². The highest BCUT2D eigenvalue weighted by molar-refractivity contribution is 5.91. The fraction of sp³-hybridized carbons (Fsp3) is 0.375. The van der Waals surface area contributed by atoms with Gasteiger partial charge in [-0.3, -0.25) is 0 Å². The lowest BCUT2D eigenvalue weighted by Crippen LogP contribution is -2.06. The summed E-state index contributed by atoms with van der Waals surface area (Å²) >= 11 is 0. The standard InChI is InChI=1S/C16H18N2O2/c1-3-13-14(16(19)20)15(11-7-8-11)17-18(13)12-6-4-5-10(2)9-12/h4-6,9,11H,3,7-8H2,1-2H3,(H,19,20). The maximum Gasteiger partial charge on any atom is 0.339 e. The molecule has 1 aliphatic carbocycles. The number of benzene rings is 1. The number of carboxylic acids is 1. The highest BCUT2D eigenvalue weighted by Gasteiger charge is 2.34. The van der Waals surface area contributed by atoms with Crippen molar-refractivity contribution in [3.8, 4) is 5.69 Å². The summed E-state index contributed by atoms with van der Waals surface area (Å²) < 4.78 is 1.81. The molecule has 0 saturated heterocycles. The number of nitrogens with zero attached hydrogens (tertiary/aromatic N) is 2. The van der Waals surface area contributed by atoms with E-state index in [0.717, 1.165) is 35.5 Å². The fourth-order valence-electron chi connectivity index (χ4n) is 2.65. The Morgan fingerprint density at radius 3 is 2.75 bits per heavy atom. The first-order valence-electron chi connectivity index (χ1n) is 7.04. The summed E-state index contributed by atoms with van der Waals surface area (Å²) in [5.74, 6) is -0.528. The van der Waals surface area contributed by atoms with Crippen molar-refractivity contribution in [3.63, 3.8) is 0 Å². The number of hydrogen-bond acceptors (Lipinski definition) is 2. The van der Waals surface area contributed by atoms with E-state index in [-0.39, 0.29) is 0 Å². The van der Waals surface area contributed by atoms with E-state index in [1.54, 1.807) is 0 Å². The number of rotatable bonds is 4. The third-order valence-electron chi connectivity index (χ3n) is 3.77. The molecular formula is C16H18N2O2. The minimum atomic E-state index is -0.859. The maximum absolute atomic E-state index is 11.6. The summed E-state index contributed by atoms with van der Waals surface area (Å²) in [7, 11) is 0. The molecule has 4 heteroatoms. The molecule has 0 spiro atoms. The summed E-state index contributed by atoms with van der Waals surface area (Å²) in [6, 6.07) is 8.01. The van der Waals surface area contributed by atoms with Crippen LogP contribution in [0.5, 0.6) is 0 Å². The van der Waals surface area contributed by atoms with Crippen molar-refractivity contribution < 1.29 is 9.90 Å². The first kappa shape index (κ1) is 12.9. The van der Waals surface area contributed by atoms with Gasteiger partial charge in [-0.1, -0.05) is 19.1 Å². The predicted molar refractivity (Wildman–Crippen MR) is 76.6 cm³/mol. The lowest BCUT2D eigenvalue weighted by molar-refractivity contribution is 0.0694. The Hall–Kier alpha value is -2.10. The molecule has 0 unspecified atom stereocenters. The molecule has 1 aliphatic rings. The van der Waals surface area contributed by atoms with Crippen molar-refractivity contribution in [1.29, 1.82) is 0 Å². The molecule has 0 aliphatic heterocycles. The van der Waals surface area contributed by atoms with Gasteiger partial charge in [0.25, 0.3) is 0 Å². The van der Waals surface area contributed by atoms with Gasteiger partial charge in [-0.15, -0.1) is 0 Å². The molecule has 0 amide bonds. The van der Waals surface area contributed by atoms with Crippen molar-refractivity contribution in [3.05, 3.63) is 46.8 Å². The molecule has 3 rings (SSSR count). The lowest BCUT2D eigenvalue weighted by atomic mass is 10.1. The summed E-state index contributed by atoms with van der Waals surface area (Å²) in [6.07, 6.45) is 2.76. The number of aromatic nitrogens is 2. The normalized spacial score (nSPS) is 14.5. The molecule has 4 nitrogen and oxygen atoms in total. The van der Waals surface area contributed by atoms with E-state index in [0.29, 0.717) is 17.9 Å². The van der Waals surface area contributed by atoms with E-state index in [2.05, 4.69) is 5.10 Å². The maximum atomic E-state index is 11.6. The van der Waals surface area contributed by atoms with E-state index in [4.69, 9.17) is 0 Å². The van der Waals surface area contributed by atoms with Crippen molar-refractivity contribution in [2.24, 2.45) is 0 Å². The van der Waals surface area contributed by atoms with Crippen LogP contribution in [0.1, 0.15) is 53.0 Å². The topological polar surface area (TPSA) is 55.1 Å². The molecule has 0 bridgehead atoms. The van der Waals surface area contributed by atoms with Gasteiger partial charge in [0.05, 0.1) is 17.1 Å². The highest BCUT2D eigenvalue weighted by atomic mass is 16.4. The zero-order valence-electron chi connectivity index (χ0n) is 11.8.